The Morgan fingerprint density at radius 2 is 2.10 bits per heavy atom. The minimum atomic E-state index is -0.385. The Morgan fingerprint density at radius 3 is 2.60 bits per heavy atom. The number of carbonyl (C=O) groups excluding carboxylic acids is 1. The summed E-state index contributed by atoms with van der Waals surface area (Å²) < 4.78 is 10.2. The first kappa shape index (κ1) is 16.7. The Kier molecular flexibility index (Phi) is 6.23. The molecule has 0 amide bonds. The average molecular weight is 283 g/mol. The van der Waals surface area contributed by atoms with E-state index < -0.39 is 0 Å². The van der Waals surface area contributed by atoms with Gasteiger partial charge in [0.05, 0.1) is 13.7 Å². The van der Waals surface area contributed by atoms with Crippen LogP contribution in [0.2, 0.25) is 0 Å². The summed E-state index contributed by atoms with van der Waals surface area (Å²) in [6, 6.07) is 1.70. The number of aliphatic hydroxyl groups excluding tert-OH is 1. The molecule has 5 heteroatoms. The Labute approximate surface area is 120 Å². The molecule has 0 aliphatic heterocycles. The maximum absolute atomic E-state index is 11.5. The number of hydrogen-bond acceptors (Lipinski definition) is 5. The molecular weight excluding hydrogens is 258 g/mol. The van der Waals surface area contributed by atoms with E-state index in [1.165, 1.54) is 7.11 Å². The molecular formula is C15H25NO4. The van der Waals surface area contributed by atoms with Crippen LogP contribution in [-0.4, -0.2) is 31.3 Å². The van der Waals surface area contributed by atoms with Crippen molar-refractivity contribution < 1.29 is 19.1 Å². The third kappa shape index (κ3) is 3.84. The van der Waals surface area contributed by atoms with Crippen LogP contribution in [0.4, 0.5) is 0 Å². The van der Waals surface area contributed by atoms with Gasteiger partial charge in [-0.25, -0.2) is 4.79 Å². The van der Waals surface area contributed by atoms with E-state index in [-0.39, 0.29) is 18.0 Å². The topological polar surface area (TPSA) is 71.7 Å². The summed E-state index contributed by atoms with van der Waals surface area (Å²) in [5, 5.41) is 12.8. The van der Waals surface area contributed by atoms with Crippen molar-refractivity contribution in [2.45, 2.75) is 40.2 Å². The van der Waals surface area contributed by atoms with Crippen LogP contribution in [0.25, 0.3) is 0 Å². The van der Waals surface area contributed by atoms with Gasteiger partial charge in [-0.05, 0) is 25.8 Å². The molecule has 0 spiro atoms. The monoisotopic (exact) mass is 283 g/mol. The molecule has 0 unspecified atom stereocenters. The highest BCUT2D eigenvalue weighted by Crippen LogP contribution is 2.24. The van der Waals surface area contributed by atoms with Crippen molar-refractivity contribution >= 4 is 5.97 Å². The molecule has 0 saturated heterocycles. The number of carbonyl (C=O) groups is 1. The molecule has 0 fully saturated rings. The van der Waals surface area contributed by atoms with Gasteiger partial charge in [-0.15, -0.1) is 0 Å². The molecule has 0 aliphatic carbocycles. The summed E-state index contributed by atoms with van der Waals surface area (Å²) >= 11 is 0. The van der Waals surface area contributed by atoms with Crippen molar-refractivity contribution in [3.63, 3.8) is 0 Å². The number of aryl methyl sites for hydroxylation is 1. The molecule has 114 valence electrons. The van der Waals surface area contributed by atoms with Gasteiger partial charge in [0.15, 0.2) is 0 Å². The van der Waals surface area contributed by atoms with E-state index in [9.17, 15) is 9.90 Å². The summed E-state index contributed by atoms with van der Waals surface area (Å²) in [5.41, 5.74) is 0.371. The summed E-state index contributed by atoms with van der Waals surface area (Å²) in [6.45, 7) is 7.30. The lowest BCUT2D eigenvalue weighted by Crippen LogP contribution is -2.36. The molecule has 1 aromatic rings. The van der Waals surface area contributed by atoms with E-state index >= 15 is 0 Å². The standard InChI is InChI=1S/C15H25NO4/c1-5-15(6-2,10-17)9-16-8-12-7-13(11(3)20-12)14(18)19-4/h7,16-17H,5-6,8-10H2,1-4H3. The summed E-state index contributed by atoms with van der Waals surface area (Å²) in [4.78, 5) is 11.5. The first-order valence-corrected chi connectivity index (χ1v) is 7.01. The van der Waals surface area contributed by atoms with Crippen LogP contribution in [0.15, 0.2) is 10.5 Å². The third-order valence-electron chi connectivity index (χ3n) is 4.01. The molecule has 0 radical (unpaired) electrons. The van der Waals surface area contributed by atoms with Gasteiger partial charge >= 0.3 is 5.97 Å². The predicted octanol–water partition coefficient (Wildman–Crippen LogP) is 2.26. The lowest BCUT2D eigenvalue weighted by Gasteiger charge is -2.29. The number of hydrogen-bond donors (Lipinski definition) is 2. The van der Waals surface area contributed by atoms with E-state index in [0.717, 1.165) is 12.8 Å². The van der Waals surface area contributed by atoms with Crippen molar-refractivity contribution in [1.29, 1.82) is 0 Å². The fourth-order valence-electron chi connectivity index (χ4n) is 2.17. The minimum absolute atomic E-state index is 0.0905. The maximum atomic E-state index is 11.5. The predicted molar refractivity (Wildman–Crippen MR) is 76.6 cm³/mol. The van der Waals surface area contributed by atoms with Crippen LogP contribution >= 0.6 is 0 Å². The molecule has 0 bridgehead atoms. The zero-order valence-electron chi connectivity index (χ0n) is 12.8. The van der Waals surface area contributed by atoms with Crippen molar-refractivity contribution in [3.8, 4) is 0 Å². The lowest BCUT2D eigenvalue weighted by atomic mass is 9.83. The zero-order chi connectivity index (χ0) is 15.2. The van der Waals surface area contributed by atoms with Gasteiger partial charge in [-0.3, -0.25) is 0 Å². The average Bonchev–Trinajstić information content (AvgIpc) is 2.84. The van der Waals surface area contributed by atoms with Crippen LogP contribution in [0, 0.1) is 12.3 Å². The Morgan fingerprint density at radius 1 is 1.45 bits per heavy atom. The Balaban J connectivity index is 2.60. The Bertz CT molecular complexity index is 427. The van der Waals surface area contributed by atoms with Gasteiger partial charge in [0.2, 0.25) is 0 Å². The molecule has 1 aromatic heterocycles. The number of furan rings is 1. The second-order valence-electron chi connectivity index (χ2n) is 5.14. The van der Waals surface area contributed by atoms with Gasteiger partial charge in [0.1, 0.15) is 17.1 Å². The van der Waals surface area contributed by atoms with E-state index in [4.69, 9.17) is 4.42 Å². The first-order valence-electron chi connectivity index (χ1n) is 7.01. The molecule has 2 N–H and O–H groups in total. The smallest absolute Gasteiger partial charge is 0.341 e. The quantitative estimate of drug-likeness (QED) is 0.716. The largest absolute Gasteiger partial charge is 0.465 e. The van der Waals surface area contributed by atoms with Crippen molar-refractivity contribution in [1.82, 2.24) is 5.32 Å². The van der Waals surface area contributed by atoms with Crippen LogP contribution in [0.3, 0.4) is 0 Å². The molecule has 1 rings (SSSR count). The molecule has 20 heavy (non-hydrogen) atoms. The number of aliphatic hydroxyl groups is 1. The highest BCUT2D eigenvalue weighted by Gasteiger charge is 2.24. The molecule has 0 aliphatic rings. The second-order valence-corrected chi connectivity index (χ2v) is 5.14. The fraction of sp³-hybridized carbons (Fsp3) is 0.667. The van der Waals surface area contributed by atoms with Gasteiger partial charge in [-0.1, -0.05) is 13.8 Å². The normalized spacial score (nSPS) is 11.7. The van der Waals surface area contributed by atoms with Crippen LogP contribution in [-0.2, 0) is 11.3 Å². The number of nitrogens with one attached hydrogen (secondary N) is 1. The van der Waals surface area contributed by atoms with Crippen LogP contribution in [0.5, 0.6) is 0 Å². The molecule has 5 nitrogen and oxygen atoms in total. The number of ether oxygens (including phenoxy) is 1. The molecule has 0 saturated carbocycles. The van der Waals surface area contributed by atoms with Crippen molar-refractivity contribution in [3.05, 3.63) is 23.2 Å². The SMILES string of the molecule is CCC(CC)(CO)CNCc1cc(C(=O)OC)c(C)o1. The first-order chi connectivity index (χ1) is 9.51. The maximum Gasteiger partial charge on any atom is 0.341 e. The third-order valence-corrected chi connectivity index (χ3v) is 4.01. The zero-order valence-corrected chi connectivity index (χ0v) is 12.8. The highest BCUT2D eigenvalue weighted by molar-refractivity contribution is 5.90. The molecule has 1 heterocycles. The molecule has 0 aromatic carbocycles. The summed E-state index contributed by atoms with van der Waals surface area (Å²) in [5.74, 6) is 0.874. The highest BCUT2D eigenvalue weighted by atomic mass is 16.5. The summed E-state index contributed by atoms with van der Waals surface area (Å²) in [6.07, 6.45) is 1.83. The number of esters is 1. The van der Waals surface area contributed by atoms with Gasteiger partial charge in [0.25, 0.3) is 0 Å². The minimum Gasteiger partial charge on any atom is -0.465 e. The van der Waals surface area contributed by atoms with E-state index in [2.05, 4.69) is 23.9 Å². The van der Waals surface area contributed by atoms with Crippen molar-refractivity contribution in [2.24, 2.45) is 5.41 Å². The summed E-state index contributed by atoms with van der Waals surface area (Å²) in [7, 11) is 1.35. The van der Waals surface area contributed by atoms with E-state index in [1.54, 1.807) is 13.0 Å². The number of rotatable bonds is 8. The van der Waals surface area contributed by atoms with Gasteiger partial charge in [0, 0.05) is 18.6 Å². The van der Waals surface area contributed by atoms with Gasteiger partial charge < -0.3 is 19.6 Å². The lowest BCUT2D eigenvalue weighted by molar-refractivity contribution is 0.0599. The molecule has 0 atom stereocenters. The van der Waals surface area contributed by atoms with E-state index in [0.29, 0.717) is 30.2 Å². The van der Waals surface area contributed by atoms with Crippen LogP contribution < -0.4 is 5.32 Å². The Hall–Kier alpha value is -1.33. The number of methoxy groups -OCH3 is 1. The van der Waals surface area contributed by atoms with Crippen molar-refractivity contribution in [2.75, 3.05) is 20.3 Å². The van der Waals surface area contributed by atoms with Crippen LogP contribution in [0.1, 0.15) is 48.6 Å². The van der Waals surface area contributed by atoms with E-state index in [1.807, 2.05) is 0 Å². The fourth-order valence-corrected chi connectivity index (χ4v) is 2.17. The second kappa shape index (κ2) is 7.45. The van der Waals surface area contributed by atoms with Gasteiger partial charge in [-0.2, -0.15) is 0 Å².